The van der Waals surface area contributed by atoms with E-state index in [0.29, 0.717) is 0 Å². The molecule has 0 fully saturated rings. The predicted octanol–water partition coefficient (Wildman–Crippen LogP) is 5.11. The summed E-state index contributed by atoms with van der Waals surface area (Å²) >= 11 is -0.872. The zero-order valence-corrected chi connectivity index (χ0v) is 31.2. The quantitative estimate of drug-likeness (QED) is 0.274. The van der Waals surface area contributed by atoms with Gasteiger partial charge in [0.2, 0.25) is 0 Å². The van der Waals surface area contributed by atoms with Gasteiger partial charge in [0.05, 0.1) is 0 Å². The van der Waals surface area contributed by atoms with E-state index in [2.05, 4.69) is 91.8 Å². The Morgan fingerprint density at radius 2 is 0.846 bits per heavy atom. The van der Waals surface area contributed by atoms with Gasteiger partial charge in [0.25, 0.3) is 0 Å². The normalized spacial score (nSPS) is 17.3. The first-order valence-corrected chi connectivity index (χ1v) is 21.0. The van der Waals surface area contributed by atoms with Gasteiger partial charge in [0.1, 0.15) is 0 Å². The van der Waals surface area contributed by atoms with Crippen LogP contribution in [-0.2, 0) is 23.2 Å². The molecule has 0 aromatic heterocycles. The number of allylic oxidation sites excluding steroid dienone is 2. The molecule has 2 unspecified atom stereocenters. The standard InChI is InChI=1S/2C17H24P.2ClH.Zr/c2*1-5-9-18(10-6-2)15-11-16-13(3)7-8-14(4)17(16)12-15;;;/h2*7-8,11-12H,5-6,9-10H2,1-4H3;2*1H;/q;;;;+2/p-2. The average Bonchev–Trinajstić information content (AvgIpc) is 3.45. The molecule has 0 heterocycles. The Labute approximate surface area is 266 Å². The van der Waals surface area contributed by atoms with Gasteiger partial charge in [-0.1, -0.05) is 0 Å². The van der Waals surface area contributed by atoms with Gasteiger partial charge in [-0.25, -0.2) is 0 Å². The molecule has 2 aliphatic carbocycles. The number of hydrogen-bond donors (Lipinski definition) is 0. The van der Waals surface area contributed by atoms with E-state index >= 15 is 0 Å². The van der Waals surface area contributed by atoms with Gasteiger partial charge in [0.15, 0.2) is 0 Å². The minimum absolute atomic E-state index is 0. The van der Waals surface area contributed by atoms with Crippen LogP contribution in [0.4, 0.5) is 0 Å². The molecule has 5 heteroatoms. The molecule has 4 rings (SSSR count). The van der Waals surface area contributed by atoms with Crippen LogP contribution in [0.3, 0.4) is 0 Å². The summed E-state index contributed by atoms with van der Waals surface area (Å²) in [5, 5.41) is 3.79. The van der Waals surface area contributed by atoms with E-state index in [0.717, 1.165) is 7.25 Å². The van der Waals surface area contributed by atoms with Crippen LogP contribution >= 0.6 is 15.8 Å². The van der Waals surface area contributed by atoms with Crippen LogP contribution in [0, 0.1) is 27.7 Å². The summed E-state index contributed by atoms with van der Waals surface area (Å²) < 4.78 is 1.50. The Kier molecular flexibility index (Phi) is 14.7. The molecule has 0 N–H and O–H groups in total. The van der Waals surface area contributed by atoms with E-state index in [1.165, 1.54) is 61.5 Å². The second-order valence-corrected chi connectivity index (χ2v) is 19.8. The van der Waals surface area contributed by atoms with Crippen molar-refractivity contribution in [2.24, 2.45) is 0 Å². The third-order valence-corrected chi connectivity index (χ3v) is 20.2. The third-order valence-electron chi connectivity index (χ3n) is 8.24. The van der Waals surface area contributed by atoms with Crippen molar-refractivity contribution in [3.05, 3.63) is 79.4 Å². The Hall–Kier alpha value is 0.243. The fourth-order valence-electron chi connectivity index (χ4n) is 6.49. The van der Waals surface area contributed by atoms with E-state index in [1.54, 1.807) is 33.4 Å². The van der Waals surface area contributed by atoms with Crippen LogP contribution in [0.1, 0.15) is 105 Å². The van der Waals surface area contributed by atoms with Gasteiger partial charge in [-0.05, 0) is 0 Å². The maximum atomic E-state index is 2.73. The fourth-order valence-corrected chi connectivity index (χ4v) is 20.1. The van der Waals surface area contributed by atoms with Crippen molar-refractivity contribution in [1.82, 2.24) is 0 Å². The molecule has 0 nitrogen and oxygen atoms in total. The molecular formula is C34H48Cl2P2Zr. The summed E-state index contributed by atoms with van der Waals surface area (Å²) in [6, 6.07) is 9.61. The topological polar surface area (TPSA) is 0 Å². The molecule has 0 saturated heterocycles. The maximum Gasteiger partial charge on any atom is -1.00 e. The van der Waals surface area contributed by atoms with E-state index < -0.39 is 23.2 Å². The van der Waals surface area contributed by atoms with E-state index in [9.17, 15) is 0 Å². The van der Waals surface area contributed by atoms with Crippen LogP contribution in [0.15, 0.2) is 34.9 Å². The molecule has 2 aromatic rings. The van der Waals surface area contributed by atoms with Crippen molar-refractivity contribution in [2.45, 2.75) is 88.3 Å². The van der Waals surface area contributed by atoms with Gasteiger partial charge in [0, 0.05) is 0 Å². The molecule has 0 aliphatic heterocycles. The van der Waals surface area contributed by atoms with Gasteiger partial charge in [-0.15, -0.1) is 0 Å². The number of benzene rings is 2. The number of hydrogen-bond acceptors (Lipinski definition) is 0. The minimum atomic E-state index is -0.872. The van der Waals surface area contributed by atoms with Crippen molar-refractivity contribution < 1.29 is 48.0 Å². The second-order valence-electron chi connectivity index (χ2n) is 11.2. The summed E-state index contributed by atoms with van der Waals surface area (Å²) in [4.78, 5) is 0. The summed E-state index contributed by atoms with van der Waals surface area (Å²) in [6.45, 7) is 19.1. The first-order valence-electron chi connectivity index (χ1n) is 14.7. The van der Waals surface area contributed by atoms with Crippen molar-refractivity contribution in [3.63, 3.8) is 0 Å². The molecule has 2 aliphatic rings. The number of aryl methyl sites for hydroxylation is 4. The molecule has 0 amide bonds. The van der Waals surface area contributed by atoms with Crippen LogP contribution in [0.2, 0.25) is 0 Å². The molecular weight excluding hydrogens is 632 g/mol. The summed E-state index contributed by atoms with van der Waals surface area (Å²) in [5.41, 5.74) is 12.8. The molecule has 212 valence electrons. The maximum absolute atomic E-state index is 2.73. The number of rotatable bonds is 12. The molecule has 0 spiro atoms. The van der Waals surface area contributed by atoms with Crippen LogP contribution in [0.25, 0.3) is 12.2 Å². The fraction of sp³-hybridized carbons (Fsp3) is 0.529. The largest absolute Gasteiger partial charge is 1.00 e. The molecule has 0 radical (unpaired) electrons. The molecule has 2 atom stereocenters. The average molecular weight is 681 g/mol. The Balaban J connectivity index is 0.00000267. The van der Waals surface area contributed by atoms with Crippen LogP contribution in [0.5, 0.6) is 0 Å². The first kappa shape index (κ1) is 35.4. The van der Waals surface area contributed by atoms with E-state index in [-0.39, 0.29) is 40.7 Å². The third kappa shape index (κ3) is 7.43. The Morgan fingerprint density at radius 3 is 1.15 bits per heavy atom. The van der Waals surface area contributed by atoms with Gasteiger partial charge >= 0.3 is 244 Å². The summed E-state index contributed by atoms with van der Waals surface area (Å²) in [6.07, 6.45) is 16.4. The van der Waals surface area contributed by atoms with Gasteiger partial charge in [-0.3, -0.25) is 0 Å². The monoisotopic (exact) mass is 678 g/mol. The minimum Gasteiger partial charge on any atom is -1.00 e. The molecule has 0 saturated carbocycles. The molecule has 0 bridgehead atoms. The van der Waals surface area contributed by atoms with Crippen molar-refractivity contribution in [2.75, 3.05) is 24.6 Å². The Morgan fingerprint density at radius 1 is 0.538 bits per heavy atom. The SMILES string of the molecule is CCCP(CCC)C1=Cc2c(C)ccc(C)c2[CH]1[Zr+2][CH]1C(P(CCC)CCC)=Cc2c(C)ccc(C)c21.[Cl-].[Cl-]. The summed E-state index contributed by atoms with van der Waals surface area (Å²) in [7, 11) is -0.0548. The zero-order valence-electron chi connectivity index (χ0n) is 25.4. The van der Waals surface area contributed by atoms with Crippen molar-refractivity contribution >= 4 is 28.0 Å². The predicted molar refractivity (Wildman–Crippen MR) is 168 cm³/mol. The molecule has 39 heavy (non-hydrogen) atoms. The van der Waals surface area contributed by atoms with Gasteiger partial charge < -0.3 is 24.8 Å². The zero-order chi connectivity index (χ0) is 26.7. The first-order chi connectivity index (χ1) is 17.9. The number of fused-ring (bicyclic) bond motifs is 2. The smallest absolute Gasteiger partial charge is 1.00 e. The summed E-state index contributed by atoms with van der Waals surface area (Å²) in [5.74, 6) is 0. The number of halogens is 2. The van der Waals surface area contributed by atoms with Crippen LogP contribution in [-0.4, -0.2) is 24.6 Å². The van der Waals surface area contributed by atoms with Crippen molar-refractivity contribution in [3.8, 4) is 0 Å². The van der Waals surface area contributed by atoms with Crippen molar-refractivity contribution in [1.29, 1.82) is 0 Å². The molecule has 2 aromatic carbocycles. The van der Waals surface area contributed by atoms with Crippen LogP contribution < -0.4 is 24.8 Å². The van der Waals surface area contributed by atoms with E-state index in [4.69, 9.17) is 0 Å². The van der Waals surface area contributed by atoms with E-state index in [1.807, 2.05) is 10.6 Å². The van der Waals surface area contributed by atoms with Gasteiger partial charge in [-0.2, -0.15) is 0 Å². The second kappa shape index (κ2) is 16.2. The Bertz CT molecular complexity index is 1080.